The summed E-state index contributed by atoms with van der Waals surface area (Å²) in [4.78, 5) is 27.6. The Bertz CT molecular complexity index is 482. The van der Waals surface area contributed by atoms with Gasteiger partial charge in [-0.2, -0.15) is 0 Å². The van der Waals surface area contributed by atoms with Crippen LogP contribution in [0.5, 0.6) is 0 Å². The second kappa shape index (κ2) is 6.85. The minimum atomic E-state index is 0.0171. The SMILES string of the molecule is NCCC(=O)N1CCN(C(=O)c2ccc(Br)cc2)CC1. The van der Waals surface area contributed by atoms with Gasteiger partial charge in [-0.1, -0.05) is 15.9 Å². The van der Waals surface area contributed by atoms with Crippen LogP contribution in [0.4, 0.5) is 0 Å². The Hall–Kier alpha value is -1.40. The lowest BCUT2D eigenvalue weighted by atomic mass is 10.2. The molecule has 108 valence electrons. The van der Waals surface area contributed by atoms with Crippen LogP contribution in [0.25, 0.3) is 0 Å². The van der Waals surface area contributed by atoms with Gasteiger partial charge in [0, 0.05) is 49.2 Å². The summed E-state index contributed by atoms with van der Waals surface area (Å²) < 4.78 is 0.950. The van der Waals surface area contributed by atoms with Crippen molar-refractivity contribution in [3.8, 4) is 0 Å². The van der Waals surface area contributed by atoms with Crippen LogP contribution in [0.2, 0.25) is 0 Å². The lowest BCUT2D eigenvalue weighted by molar-refractivity contribution is -0.132. The molecule has 0 saturated carbocycles. The highest BCUT2D eigenvalue weighted by Gasteiger charge is 2.24. The second-order valence-corrected chi connectivity index (χ2v) is 5.63. The maximum absolute atomic E-state index is 12.3. The molecular formula is C14H18BrN3O2. The number of nitrogens with two attached hydrogens (primary N) is 1. The van der Waals surface area contributed by atoms with E-state index < -0.39 is 0 Å². The number of rotatable bonds is 3. The highest BCUT2D eigenvalue weighted by Crippen LogP contribution is 2.13. The number of halogens is 1. The molecule has 1 fully saturated rings. The first-order valence-electron chi connectivity index (χ1n) is 6.64. The molecular weight excluding hydrogens is 322 g/mol. The van der Waals surface area contributed by atoms with Crippen LogP contribution in [0.3, 0.4) is 0 Å². The average molecular weight is 340 g/mol. The molecule has 0 atom stereocenters. The van der Waals surface area contributed by atoms with Gasteiger partial charge in [0.15, 0.2) is 0 Å². The lowest BCUT2D eigenvalue weighted by Crippen LogP contribution is -2.50. The van der Waals surface area contributed by atoms with Crippen LogP contribution in [0.15, 0.2) is 28.7 Å². The molecule has 1 aromatic carbocycles. The van der Waals surface area contributed by atoms with Crippen LogP contribution < -0.4 is 5.73 Å². The van der Waals surface area contributed by atoms with Crippen molar-refractivity contribution in [1.82, 2.24) is 9.80 Å². The highest BCUT2D eigenvalue weighted by molar-refractivity contribution is 9.10. The van der Waals surface area contributed by atoms with Crippen LogP contribution >= 0.6 is 15.9 Å². The van der Waals surface area contributed by atoms with Crippen molar-refractivity contribution in [2.75, 3.05) is 32.7 Å². The van der Waals surface area contributed by atoms with Gasteiger partial charge in [-0.25, -0.2) is 0 Å². The highest BCUT2D eigenvalue weighted by atomic mass is 79.9. The third kappa shape index (κ3) is 3.58. The summed E-state index contributed by atoms with van der Waals surface area (Å²) in [5, 5.41) is 0. The maximum atomic E-state index is 12.3. The van der Waals surface area contributed by atoms with Crippen LogP contribution in [0.1, 0.15) is 16.8 Å². The van der Waals surface area contributed by atoms with Crippen LogP contribution in [0, 0.1) is 0 Å². The van der Waals surface area contributed by atoms with Gasteiger partial charge in [0.05, 0.1) is 0 Å². The Morgan fingerprint density at radius 3 is 2.15 bits per heavy atom. The first-order valence-corrected chi connectivity index (χ1v) is 7.44. The van der Waals surface area contributed by atoms with Gasteiger partial charge in [0.25, 0.3) is 5.91 Å². The summed E-state index contributed by atoms with van der Waals surface area (Å²) in [5.41, 5.74) is 6.06. The number of piperazine rings is 1. The molecule has 0 unspecified atom stereocenters. The molecule has 0 aliphatic carbocycles. The Balaban J connectivity index is 1.92. The molecule has 0 spiro atoms. The number of benzene rings is 1. The molecule has 5 nitrogen and oxygen atoms in total. The molecule has 2 N–H and O–H groups in total. The minimum Gasteiger partial charge on any atom is -0.339 e. The van der Waals surface area contributed by atoms with Crippen molar-refractivity contribution in [3.63, 3.8) is 0 Å². The van der Waals surface area contributed by atoms with E-state index in [1.807, 2.05) is 12.1 Å². The average Bonchev–Trinajstić information content (AvgIpc) is 2.48. The number of carbonyl (C=O) groups is 2. The topological polar surface area (TPSA) is 66.6 Å². The van der Waals surface area contributed by atoms with E-state index in [1.54, 1.807) is 21.9 Å². The number of amides is 2. The van der Waals surface area contributed by atoms with Crippen molar-refractivity contribution in [1.29, 1.82) is 0 Å². The molecule has 0 radical (unpaired) electrons. The van der Waals surface area contributed by atoms with Gasteiger partial charge in [-0.3, -0.25) is 9.59 Å². The number of carbonyl (C=O) groups excluding carboxylic acids is 2. The van der Waals surface area contributed by atoms with Gasteiger partial charge in [-0.15, -0.1) is 0 Å². The Morgan fingerprint density at radius 2 is 1.60 bits per heavy atom. The van der Waals surface area contributed by atoms with E-state index >= 15 is 0 Å². The van der Waals surface area contributed by atoms with E-state index in [4.69, 9.17) is 5.73 Å². The fourth-order valence-electron chi connectivity index (χ4n) is 2.22. The Kier molecular flexibility index (Phi) is 5.14. The summed E-state index contributed by atoms with van der Waals surface area (Å²) in [6, 6.07) is 7.32. The fraction of sp³-hybridized carbons (Fsp3) is 0.429. The Morgan fingerprint density at radius 1 is 1.05 bits per heavy atom. The zero-order chi connectivity index (χ0) is 14.5. The summed E-state index contributed by atoms with van der Waals surface area (Å²) in [6.07, 6.45) is 0.376. The normalized spacial score (nSPS) is 15.3. The van der Waals surface area contributed by atoms with Crippen molar-refractivity contribution in [3.05, 3.63) is 34.3 Å². The lowest BCUT2D eigenvalue weighted by Gasteiger charge is -2.34. The van der Waals surface area contributed by atoms with Crippen molar-refractivity contribution in [2.45, 2.75) is 6.42 Å². The largest absolute Gasteiger partial charge is 0.339 e. The van der Waals surface area contributed by atoms with Crippen molar-refractivity contribution >= 4 is 27.7 Å². The van der Waals surface area contributed by atoms with Gasteiger partial charge in [0.2, 0.25) is 5.91 Å². The van der Waals surface area contributed by atoms with E-state index in [0.29, 0.717) is 44.7 Å². The predicted octanol–water partition coefficient (Wildman–Crippen LogP) is 1.08. The molecule has 1 heterocycles. The summed E-state index contributed by atoms with van der Waals surface area (Å²) in [7, 11) is 0. The van der Waals surface area contributed by atoms with Gasteiger partial charge < -0.3 is 15.5 Å². The molecule has 0 bridgehead atoms. The van der Waals surface area contributed by atoms with Gasteiger partial charge in [-0.05, 0) is 24.3 Å². The molecule has 6 heteroatoms. The molecule has 0 aromatic heterocycles. The first kappa shape index (κ1) is 15.0. The molecule has 1 aliphatic rings. The van der Waals surface area contributed by atoms with Crippen LogP contribution in [-0.2, 0) is 4.79 Å². The summed E-state index contributed by atoms with van der Waals surface area (Å²) in [6.45, 7) is 2.69. The van der Waals surface area contributed by atoms with Crippen LogP contribution in [-0.4, -0.2) is 54.3 Å². The van der Waals surface area contributed by atoms with E-state index in [-0.39, 0.29) is 11.8 Å². The fourth-order valence-corrected chi connectivity index (χ4v) is 2.48. The smallest absolute Gasteiger partial charge is 0.253 e. The summed E-state index contributed by atoms with van der Waals surface area (Å²) in [5.74, 6) is 0.0895. The molecule has 2 amide bonds. The minimum absolute atomic E-state index is 0.0171. The monoisotopic (exact) mass is 339 g/mol. The summed E-state index contributed by atoms with van der Waals surface area (Å²) >= 11 is 3.35. The van der Waals surface area contributed by atoms with E-state index in [0.717, 1.165) is 4.47 Å². The standard InChI is InChI=1S/C14H18BrN3O2/c15-12-3-1-11(2-4-12)14(20)18-9-7-17(8-10-18)13(19)5-6-16/h1-4H,5-10,16H2. The second-order valence-electron chi connectivity index (χ2n) is 4.72. The van der Waals surface area contributed by atoms with Gasteiger partial charge >= 0.3 is 0 Å². The van der Waals surface area contributed by atoms with Crippen molar-refractivity contribution in [2.24, 2.45) is 5.73 Å². The zero-order valence-electron chi connectivity index (χ0n) is 11.2. The first-order chi connectivity index (χ1) is 9.61. The Labute approximate surface area is 126 Å². The van der Waals surface area contributed by atoms with Gasteiger partial charge in [0.1, 0.15) is 0 Å². The number of nitrogens with zero attached hydrogens (tertiary/aromatic N) is 2. The molecule has 1 aliphatic heterocycles. The molecule has 1 aromatic rings. The third-order valence-corrected chi connectivity index (χ3v) is 3.90. The van der Waals surface area contributed by atoms with E-state index in [2.05, 4.69) is 15.9 Å². The van der Waals surface area contributed by atoms with Crippen molar-refractivity contribution < 1.29 is 9.59 Å². The number of hydrogen-bond donors (Lipinski definition) is 1. The third-order valence-electron chi connectivity index (χ3n) is 3.37. The van der Waals surface area contributed by atoms with E-state index in [9.17, 15) is 9.59 Å². The predicted molar refractivity (Wildman–Crippen MR) is 80.3 cm³/mol. The maximum Gasteiger partial charge on any atom is 0.253 e. The number of hydrogen-bond acceptors (Lipinski definition) is 3. The van der Waals surface area contributed by atoms with E-state index in [1.165, 1.54) is 0 Å². The molecule has 20 heavy (non-hydrogen) atoms. The zero-order valence-corrected chi connectivity index (χ0v) is 12.8. The quantitative estimate of drug-likeness (QED) is 0.896. The molecule has 2 rings (SSSR count). The molecule has 1 saturated heterocycles.